The number of nitrogens with zero attached hydrogens (tertiary/aromatic N) is 4. The Labute approximate surface area is 192 Å². The summed E-state index contributed by atoms with van der Waals surface area (Å²) < 4.78 is 0.188. The van der Waals surface area contributed by atoms with Gasteiger partial charge in [-0.25, -0.2) is 0 Å². The summed E-state index contributed by atoms with van der Waals surface area (Å²) in [6.45, 7) is 0. The molecule has 164 valence electrons. The first-order valence-corrected chi connectivity index (χ1v) is 11.2. The molecule has 3 rings (SSSR count). The molecule has 0 bridgehead atoms. The summed E-state index contributed by atoms with van der Waals surface area (Å²) in [7, 11) is 0. The van der Waals surface area contributed by atoms with E-state index in [0.717, 1.165) is 70.5 Å². The molecule has 13 nitrogen and oxygen atoms in total. The summed E-state index contributed by atoms with van der Waals surface area (Å²) in [6.07, 6.45) is 0. The van der Waals surface area contributed by atoms with Crippen molar-refractivity contribution in [3.05, 3.63) is 85.7 Å². The van der Waals surface area contributed by atoms with Gasteiger partial charge in [0, 0.05) is 12.1 Å². The van der Waals surface area contributed by atoms with E-state index in [-0.39, 0.29) is 22.3 Å². The molecular formula is C15H6N4O9S4. The minimum atomic E-state index is -0.793. The van der Waals surface area contributed by atoms with Crippen LogP contribution in [-0.4, -0.2) is 19.7 Å². The quantitative estimate of drug-likeness (QED) is 0.287. The standard InChI is InChI=1S/C15H6N4O9S4/c20-15-31-13(29-11-3-1-7(16(21)22)5-9(11)18(25)26)14(32-15)30-12-4-2-8(17(23)24)6-10(12)19(27)28/h1-6H. The van der Waals surface area contributed by atoms with E-state index in [4.69, 9.17) is 0 Å². The van der Waals surface area contributed by atoms with Gasteiger partial charge in [-0.3, -0.25) is 45.3 Å². The van der Waals surface area contributed by atoms with Crippen LogP contribution in [0.25, 0.3) is 0 Å². The predicted octanol–water partition coefficient (Wildman–Crippen LogP) is 5.11. The molecule has 2 aromatic carbocycles. The first-order chi connectivity index (χ1) is 15.1. The molecule has 0 fully saturated rings. The van der Waals surface area contributed by atoms with Crippen molar-refractivity contribution in [1.82, 2.24) is 0 Å². The van der Waals surface area contributed by atoms with E-state index in [2.05, 4.69) is 0 Å². The molecule has 3 aromatic rings. The Balaban J connectivity index is 2.01. The maximum atomic E-state index is 12.0. The lowest BCUT2D eigenvalue weighted by atomic mass is 10.3. The lowest BCUT2D eigenvalue weighted by Crippen LogP contribution is -1.94. The SMILES string of the molecule is O=c1sc(Sc2ccc([N+](=O)[O-])cc2[N+](=O)[O-])c(Sc2ccc([N+](=O)[O-])cc2[N+](=O)[O-])s1. The topological polar surface area (TPSA) is 190 Å². The van der Waals surface area contributed by atoms with Crippen LogP contribution in [0.1, 0.15) is 0 Å². The summed E-state index contributed by atoms with van der Waals surface area (Å²) >= 11 is 3.14. The summed E-state index contributed by atoms with van der Waals surface area (Å²) in [5, 5.41) is 44.5. The number of nitro groups is 4. The summed E-state index contributed by atoms with van der Waals surface area (Å²) in [4.78, 5) is 53.4. The number of rotatable bonds is 8. The van der Waals surface area contributed by atoms with Gasteiger partial charge < -0.3 is 0 Å². The zero-order chi connectivity index (χ0) is 23.6. The number of nitro benzene ring substituents is 4. The van der Waals surface area contributed by atoms with Crippen molar-refractivity contribution in [2.75, 3.05) is 0 Å². The van der Waals surface area contributed by atoms with Gasteiger partial charge in [0.15, 0.2) is 0 Å². The summed E-state index contributed by atoms with van der Waals surface area (Å²) in [5.41, 5.74) is -2.02. The molecule has 32 heavy (non-hydrogen) atoms. The molecule has 0 aliphatic carbocycles. The van der Waals surface area contributed by atoms with Crippen LogP contribution in [0.15, 0.2) is 59.4 Å². The lowest BCUT2D eigenvalue weighted by molar-refractivity contribution is -0.396. The van der Waals surface area contributed by atoms with Gasteiger partial charge in [0.05, 0.1) is 50.0 Å². The molecule has 0 aliphatic rings. The third-order valence-electron chi connectivity index (χ3n) is 3.62. The van der Waals surface area contributed by atoms with Crippen LogP contribution in [-0.2, 0) is 0 Å². The molecule has 1 heterocycles. The number of non-ortho nitro benzene ring substituents is 2. The van der Waals surface area contributed by atoms with Gasteiger partial charge in [-0.2, -0.15) is 0 Å². The van der Waals surface area contributed by atoms with Gasteiger partial charge in [0.2, 0.25) is 0 Å². The first kappa shape index (κ1) is 23.3. The fourth-order valence-corrected chi connectivity index (χ4v) is 7.37. The Morgan fingerprint density at radius 2 is 1.00 bits per heavy atom. The largest absolute Gasteiger partial charge is 0.290 e. The lowest BCUT2D eigenvalue weighted by Gasteiger charge is -2.05. The molecular weight excluding hydrogens is 508 g/mol. The minimum Gasteiger partial charge on any atom is -0.265 e. The second-order valence-electron chi connectivity index (χ2n) is 5.57. The van der Waals surface area contributed by atoms with E-state index in [1.54, 1.807) is 0 Å². The Morgan fingerprint density at radius 3 is 1.31 bits per heavy atom. The highest BCUT2D eigenvalue weighted by molar-refractivity contribution is 8.05. The molecule has 0 unspecified atom stereocenters. The Morgan fingerprint density at radius 1 is 0.625 bits per heavy atom. The summed E-state index contributed by atoms with van der Waals surface area (Å²) in [6, 6.07) is 6.12. The van der Waals surface area contributed by atoms with E-state index >= 15 is 0 Å². The third kappa shape index (κ3) is 5.07. The zero-order valence-electron chi connectivity index (χ0n) is 15.1. The van der Waals surface area contributed by atoms with Crippen LogP contribution < -0.4 is 4.06 Å². The molecule has 0 spiro atoms. The minimum absolute atomic E-state index is 0.0368. The molecule has 17 heteroatoms. The molecule has 0 aliphatic heterocycles. The second-order valence-corrected chi connectivity index (χ2v) is 10.4. The van der Waals surface area contributed by atoms with E-state index in [1.807, 2.05) is 0 Å². The van der Waals surface area contributed by atoms with Crippen LogP contribution in [0.2, 0.25) is 0 Å². The second kappa shape index (κ2) is 9.39. The molecule has 0 N–H and O–H groups in total. The average molecular weight is 515 g/mol. The monoisotopic (exact) mass is 514 g/mol. The fraction of sp³-hybridized carbons (Fsp3) is 0. The summed E-state index contributed by atoms with van der Waals surface area (Å²) in [5.74, 6) is 0. The number of hydrogen-bond donors (Lipinski definition) is 0. The molecule has 0 amide bonds. The number of benzene rings is 2. The van der Waals surface area contributed by atoms with E-state index in [1.165, 1.54) is 12.1 Å². The van der Waals surface area contributed by atoms with Gasteiger partial charge in [-0.05, 0) is 12.1 Å². The smallest absolute Gasteiger partial charge is 0.265 e. The molecule has 0 saturated heterocycles. The van der Waals surface area contributed by atoms with Crippen LogP contribution in [0.5, 0.6) is 0 Å². The van der Waals surface area contributed by atoms with Gasteiger partial charge >= 0.3 is 0 Å². The highest BCUT2D eigenvalue weighted by atomic mass is 32.2. The average Bonchev–Trinajstić information content (AvgIpc) is 3.06. The zero-order valence-corrected chi connectivity index (χ0v) is 18.3. The van der Waals surface area contributed by atoms with E-state index in [0.29, 0.717) is 0 Å². The van der Waals surface area contributed by atoms with Crippen LogP contribution >= 0.6 is 46.2 Å². The third-order valence-corrected chi connectivity index (χ3v) is 8.66. The van der Waals surface area contributed by atoms with Crippen molar-refractivity contribution in [3.63, 3.8) is 0 Å². The van der Waals surface area contributed by atoms with Crippen molar-refractivity contribution >= 4 is 68.9 Å². The normalized spacial score (nSPS) is 10.6. The van der Waals surface area contributed by atoms with Gasteiger partial charge in [0.25, 0.3) is 26.8 Å². The Hall–Kier alpha value is -3.41. The van der Waals surface area contributed by atoms with Crippen molar-refractivity contribution in [3.8, 4) is 0 Å². The van der Waals surface area contributed by atoms with Crippen molar-refractivity contribution in [2.24, 2.45) is 0 Å². The Bertz CT molecular complexity index is 1240. The number of hydrogen-bond acceptors (Lipinski definition) is 13. The van der Waals surface area contributed by atoms with Crippen LogP contribution in [0.3, 0.4) is 0 Å². The fourth-order valence-electron chi connectivity index (χ4n) is 2.28. The Kier molecular flexibility index (Phi) is 6.82. The van der Waals surface area contributed by atoms with E-state index in [9.17, 15) is 45.3 Å². The van der Waals surface area contributed by atoms with E-state index < -0.39 is 42.4 Å². The molecule has 0 radical (unpaired) electrons. The molecule has 0 atom stereocenters. The molecule has 1 aromatic heterocycles. The highest BCUT2D eigenvalue weighted by Crippen LogP contribution is 2.47. The van der Waals surface area contributed by atoms with Crippen molar-refractivity contribution in [1.29, 1.82) is 0 Å². The van der Waals surface area contributed by atoms with Crippen LogP contribution in [0, 0.1) is 40.5 Å². The van der Waals surface area contributed by atoms with Crippen molar-refractivity contribution < 1.29 is 19.7 Å². The molecule has 0 saturated carbocycles. The van der Waals surface area contributed by atoms with Gasteiger partial charge in [0.1, 0.15) is 0 Å². The van der Waals surface area contributed by atoms with Crippen molar-refractivity contribution in [2.45, 2.75) is 18.2 Å². The van der Waals surface area contributed by atoms with Gasteiger partial charge in [-0.1, -0.05) is 46.2 Å². The maximum Gasteiger partial charge on any atom is 0.290 e. The first-order valence-electron chi connectivity index (χ1n) is 7.92. The highest BCUT2D eigenvalue weighted by Gasteiger charge is 2.25. The van der Waals surface area contributed by atoms with Gasteiger partial charge in [-0.15, -0.1) is 0 Å². The maximum absolute atomic E-state index is 12.0. The van der Waals surface area contributed by atoms with Crippen LogP contribution in [0.4, 0.5) is 22.7 Å². The predicted molar refractivity (Wildman–Crippen MR) is 116 cm³/mol.